The highest BCUT2D eigenvalue weighted by Crippen LogP contribution is 2.46. The molecule has 2 aromatic heterocycles. The topological polar surface area (TPSA) is 119 Å². The number of methoxy groups -OCH3 is 1. The first-order valence-electron chi connectivity index (χ1n) is 9.78. The zero-order valence-corrected chi connectivity index (χ0v) is 16.9. The molecular weight excluding hydrogens is 414 g/mol. The third-order valence-electron chi connectivity index (χ3n) is 5.50. The van der Waals surface area contributed by atoms with Gasteiger partial charge in [0.1, 0.15) is 28.2 Å². The van der Waals surface area contributed by atoms with Crippen molar-refractivity contribution < 1.29 is 28.9 Å². The predicted molar refractivity (Wildman–Crippen MR) is 114 cm³/mol. The van der Waals surface area contributed by atoms with Crippen LogP contribution in [0.1, 0.15) is 23.5 Å². The molecule has 0 fully saturated rings. The highest BCUT2D eigenvalue weighted by Gasteiger charge is 2.33. The van der Waals surface area contributed by atoms with Gasteiger partial charge in [0.15, 0.2) is 16.9 Å². The van der Waals surface area contributed by atoms with Gasteiger partial charge in [0.25, 0.3) is 0 Å². The van der Waals surface area contributed by atoms with Crippen molar-refractivity contribution in [3.63, 3.8) is 0 Å². The molecule has 5 rings (SSSR count). The van der Waals surface area contributed by atoms with E-state index in [4.69, 9.17) is 13.9 Å². The molecule has 4 aromatic rings. The lowest BCUT2D eigenvalue weighted by Crippen LogP contribution is -2.22. The van der Waals surface area contributed by atoms with Gasteiger partial charge in [0, 0.05) is 41.6 Å². The second-order valence-corrected chi connectivity index (χ2v) is 7.38. The molecule has 1 unspecified atom stereocenters. The number of ether oxygens (including phenoxy) is 2. The molecule has 1 aliphatic heterocycles. The van der Waals surface area contributed by atoms with Crippen LogP contribution in [0.25, 0.3) is 22.3 Å². The minimum absolute atomic E-state index is 0.0118. The average Bonchev–Trinajstić information content (AvgIpc) is 2.78. The smallest absolute Gasteiger partial charge is 0.312 e. The lowest BCUT2D eigenvalue weighted by atomic mass is 9.85. The number of aromatic hydroxyl groups is 2. The molecule has 160 valence electrons. The van der Waals surface area contributed by atoms with Gasteiger partial charge in [-0.15, -0.1) is 0 Å². The number of carbonyl (C=O) groups excluding carboxylic acids is 1. The molecule has 32 heavy (non-hydrogen) atoms. The van der Waals surface area contributed by atoms with Crippen LogP contribution in [-0.2, 0) is 4.79 Å². The van der Waals surface area contributed by atoms with Crippen molar-refractivity contribution in [2.75, 3.05) is 7.11 Å². The Kier molecular flexibility index (Phi) is 4.55. The highest BCUT2D eigenvalue weighted by atomic mass is 16.5. The number of nitrogens with zero attached hydrogens (tertiary/aromatic N) is 1. The van der Waals surface area contributed by atoms with Crippen molar-refractivity contribution in [1.82, 2.24) is 4.98 Å². The Morgan fingerprint density at radius 1 is 1.03 bits per heavy atom. The van der Waals surface area contributed by atoms with Gasteiger partial charge in [-0.2, -0.15) is 0 Å². The monoisotopic (exact) mass is 431 g/mol. The molecule has 3 heterocycles. The number of phenolic OH excluding ortho intramolecular Hbond substituents is 2. The van der Waals surface area contributed by atoms with Crippen molar-refractivity contribution in [2.45, 2.75) is 12.3 Å². The van der Waals surface area contributed by atoms with Gasteiger partial charge in [-0.25, -0.2) is 0 Å². The Morgan fingerprint density at radius 2 is 1.81 bits per heavy atom. The summed E-state index contributed by atoms with van der Waals surface area (Å²) in [6.45, 7) is 0. The van der Waals surface area contributed by atoms with Crippen LogP contribution in [0.15, 0.2) is 64.1 Å². The van der Waals surface area contributed by atoms with E-state index in [9.17, 15) is 19.8 Å². The molecule has 8 nitrogen and oxygen atoms in total. The third kappa shape index (κ3) is 3.13. The number of fused-ring (bicyclic) bond motifs is 3. The second-order valence-electron chi connectivity index (χ2n) is 7.38. The van der Waals surface area contributed by atoms with Gasteiger partial charge in [-0.05, 0) is 35.9 Å². The van der Waals surface area contributed by atoms with Crippen LogP contribution in [0.4, 0.5) is 0 Å². The number of aromatic nitrogens is 1. The molecule has 0 radical (unpaired) electrons. The van der Waals surface area contributed by atoms with E-state index in [1.807, 2.05) is 0 Å². The number of esters is 1. The van der Waals surface area contributed by atoms with E-state index in [0.717, 1.165) is 5.56 Å². The van der Waals surface area contributed by atoms with Crippen LogP contribution in [0.5, 0.6) is 23.0 Å². The van der Waals surface area contributed by atoms with Crippen LogP contribution >= 0.6 is 0 Å². The molecule has 0 bridgehead atoms. The summed E-state index contributed by atoms with van der Waals surface area (Å²) in [7, 11) is 1.43. The van der Waals surface area contributed by atoms with Crippen LogP contribution in [-0.4, -0.2) is 28.3 Å². The molecule has 8 heteroatoms. The number of phenols is 2. The summed E-state index contributed by atoms with van der Waals surface area (Å²) >= 11 is 0. The fourth-order valence-electron chi connectivity index (χ4n) is 4.02. The van der Waals surface area contributed by atoms with Gasteiger partial charge >= 0.3 is 5.97 Å². The molecule has 1 atom stereocenters. The molecule has 0 aliphatic carbocycles. The maximum Gasteiger partial charge on any atom is 0.312 e. The first-order valence-corrected chi connectivity index (χ1v) is 9.78. The Hall–Kier alpha value is -4.33. The van der Waals surface area contributed by atoms with E-state index >= 15 is 0 Å². The second kappa shape index (κ2) is 7.42. The van der Waals surface area contributed by atoms with E-state index in [1.165, 1.54) is 25.3 Å². The van der Waals surface area contributed by atoms with E-state index < -0.39 is 17.3 Å². The van der Waals surface area contributed by atoms with Crippen molar-refractivity contribution >= 4 is 16.9 Å². The lowest BCUT2D eigenvalue weighted by Gasteiger charge is -2.26. The summed E-state index contributed by atoms with van der Waals surface area (Å²) in [6, 6.07) is 10.7. The van der Waals surface area contributed by atoms with Crippen molar-refractivity contribution in [3.05, 3.63) is 76.2 Å². The largest absolute Gasteiger partial charge is 0.507 e. The minimum Gasteiger partial charge on any atom is -0.507 e. The SMILES string of the molecule is COc1ccc(-c2cc(=O)c3c(O)cc4c(c3o2)C(c2ccncc2)CC(=O)O4)cc1O. The maximum absolute atomic E-state index is 13.0. The molecule has 0 saturated heterocycles. The first kappa shape index (κ1) is 19.6. The molecule has 0 spiro atoms. The normalized spacial score (nSPS) is 15.3. The zero-order chi connectivity index (χ0) is 22.4. The fourth-order valence-corrected chi connectivity index (χ4v) is 4.02. The summed E-state index contributed by atoms with van der Waals surface area (Å²) in [4.78, 5) is 29.2. The van der Waals surface area contributed by atoms with E-state index in [1.54, 1.807) is 36.7 Å². The Morgan fingerprint density at radius 3 is 2.53 bits per heavy atom. The van der Waals surface area contributed by atoms with E-state index in [2.05, 4.69) is 4.98 Å². The number of rotatable bonds is 3. The summed E-state index contributed by atoms with van der Waals surface area (Å²) in [5.41, 5.74) is 1.36. The zero-order valence-electron chi connectivity index (χ0n) is 16.9. The Labute approximate surface area is 181 Å². The average molecular weight is 431 g/mol. The number of carbonyl (C=O) groups is 1. The van der Waals surface area contributed by atoms with Crippen molar-refractivity contribution in [3.8, 4) is 34.3 Å². The third-order valence-corrected chi connectivity index (χ3v) is 5.50. The van der Waals surface area contributed by atoms with Gasteiger partial charge in [-0.1, -0.05) is 0 Å². The van der Waals surface area contributed by atoms with Gasteiger partial charge < -0.3 is 24.1 Å². The summed E-state index contributed by atoms with van der Waals surface area (Å²) < 4.78 is 16.5. The summed E-state index contributed by atoms with van der Waals surface area (Å²) in [6.07, 6.45) is 3.26. The Bertz CT molecular complexity index is 1430. The highest BCUT2D eigenvalue weighted by molar-refractivity contribution is 5.93. The summed E-state index contributed by atoms with van der Waals surface area (Å²) in [5, 5.41) is 20.6. The molecule has 1 aliphatic rings. The van der Waals surface area contributed by atoms with E-state index in [0.29, 0.717) is 11.1 Å². The van der Waals surface area contributed by atoms with Gasteiger partial charge in [-0.3, -0.25) is 14.6 Å². The predicted octanol–water partition coefficient (Wildman–Crippen LogP) is 3.72. The summed E-state index contributed by atoms with van der Waals surface area (Å²) in [5.74, 6) is -0.799. The van der Waals surface area contributed by atoms with Crippen LogP contribution in [0.3, 0.4) is 0 Å². The molecule has 2 N–H and O–H groups in total. The van der Waals surface area contributed by atoms with Gasteiger partial charge in [0.2, 0.25) is 0 Å². The fraction of sp³-hybridized carbons (Fsp3) is 0.125. The number of hydrogen-bond donors (Lipinski definition) is 2. The number of benzene rings is 2. The van der Waals surface area contributed by atoms with Crippen molar-refractivity contribution in [2.24, 2.45) is 0 Å². The quantitative estimate of drug-likeness (QED) is 0.372. The number of pyridine rings is 1. The molecular formula is C24H17NO7. The minimum atomic E-state index is -0.470. The van der Waals surface area contributed by atoms with Crippen LogP contribution < -0.4 is 14.9 Å². The van der Waals surface area contributed by atoms with Crippen molar-refractivity contribution in [1.29, 1.82) is 0 Å². The first-order chi connectivity index (χ1) is 15.5. The molecule has 0 amide bonds. The lowest BCUT2D eigenvalue weighted by molar-refractivity contribution is -0.135. The van der Waals surface area contributed by atoms with Crippen LogP contribution in [0.2, 0.25) is 0 Å². The molecule has 2 aromatic carbocycles. The maximum atomic E-state index is 13.0. The molecule has 0 saturated carbocycles. The van der Waals surface area contributed by atoms with Gasteiger partial charge in [0.05, 0.1) is 13.5 Å². The standard InChI is InChI=1S/C24H17NO7/c1-30-18-3-2-13(8-15(18)26)19-10-16(27)23-17(28)11-20-22(24(23)32-19)14(9-21(29)31-20)12-4-6-25-7-5-12/h2-8,10-11,14,26,28H,9H2,1H3. The Balaban J connectivity index is 1.80. The van der Waals surface area contributed by atoms with E-state index in [-0.39, 0.29) is 46.1 Å². The number of hydrogen-bond acceptors (Lipinski definition) is 8. The van der Waals surface area contributed by atoms with Crippen LogP contribution in [0, 0.1) is 0 Å².